The smallest absolute Gasteiger partial charge is 0.326 e. The Morgan fingerprint density at radius 3 is 2.71 bits per heavy atom. The first kappa shape index (κ1) is 18.5. The molecule has 4 rings (SSSR count). The zero-order valence-electron chi connectivity index (χ0n) is 14.7. The van der Waals surface area contributed by atoms with Crippen LogP contribution in [-0.4, -0.2) is 28.3 Å². The van der Waals surface area contributed by atoms with E-state index in [1.54, 1.807) is 41.8 Å². The summed E-state index contributed by atoms with van der Waals surface area (Å²) in [6.45, 7) is 1.89. The highest BCUT2D eigenvalue weighted by atomic mass is 35.5. The van der Waals surface area contributed by atoms with Crippen LogP contribution >= 0.6 is 22.9 Å². The molecule has 3 aromatic rings. The van der Waals surface area contributed by atoms with E-state index in [4.69, 9.17) is 21.1 Å². The number of carbonyl (C=O) groups excluding carboxylic acids is 1. The van der Waals surface area contributed by atoms with Crippen LogP contribution in [0.5, 0.6) is 11.5 Å². The van der Waals surface area contributed by atoms with Crippen molar-refractivity contribution in [3.8, 4) is 11.5 Å². The van der Waals surface area contributed by atoms with E-state index >= 15 is 0 Å². The van der Waals surface area contributed by atoms with Crippen LogP contribution in [0.15, 0.2) is 41.4 Å². The molecule has 0 fully saturated rings. The molecule has 0 saturated carbocycles. The number of amides is 1. The molecule has 144 valence electrons. The molecule has 1 unspecified atom stereocenters. The number of hydrogen-bond acceptors (Lipinski definition) is 5. The van der Waals surface area contributed by atoms with Gasteiger partial charge < -0.3 is 19.1 Å². The zero-order valence-corrected chi connectivity index (χ0v) is 16.3. The number of ether oxygens (including phenoxy) is 2. The van der Waals surface area contributed by atoms with E-state index in [0.717, 1.165) is 4.70 Å². The van der Waals surface area contributed by atoms with E-state index < -0.39 is 17.9 Å². The number of halogens is 1. The molecule has 1 amide bonds. The van der Waals surface area contributed by atoms with Crippen LogP contribution in [-0.2, 0) is 4.79 Å². The Bertz CT molecular complexity index is 1170. The van der Waals surface area contributed by atoms with Gasteiger partial charge in [-0.1, -0.05) is 35.9 Å². The average Bonchev–Trinajstić information content (AvgIpc) is 3.24. The monoisotopic (exact) mass is 418 g/mol. The van der Waals surface area contributed by atoms with Gasteiger partial charge in [0.15, 0.2) is 16.3 Å². The van der Waals surface area contributed by atoms with E-state index in [1.807, 2.05) is 0 Å². The summed E-state index contributed by atoms with van der Waals surface area (Å²) in [6.07, 6.45) is 0.328. The second-order valence-corrected chi connectivity index (χ2v) is 7.56. The molecule has 28 heavy (non-hydrogen) atoms. The number of hydrogen-bond donors (Lipinski definition) is 1. The van der Waals surface area contributed by atoms with Gasteiger partial charge in [0.05, 0.1) is 10.2 Å². The second kappa shape index (κ2) is 7.29. The minimum absolute atomic E-state index is 0.118. The summed E-state index contributed by atoms with van der Waals surface area (Å²) < 4.78 is 13.1. The van der Waals surface area contributed by atoms with Crippen molar-refractivity contribution in [3.63, 3.8) is 0 Å². The van der Waals surface area contributed by atoms with E-state index in [0.29, 0.717) is 34.0 Å². The SMILES string of the molecule is CCC(C(=O)O)n1c(=NC(=O)c2cccc(Cl)c2)sc2cc3c(cc21)OCO3. The number of carbonyl (C=O) groups is 2. The van der Waals surface area contributed by atoms with Gasteiger partial charge in [-0.25, -0.2) is 4.79 Å². The standard InChI is InChI=1S/C19H15ClN2O5S/c1-2-12(18(24)25)22-13-7-14-15(27-9-26-14)8-16(13)28-19(22)21-17(23)10-4-3-5-11(20)6-10/h3-8,12H,2,9H2,1H3,(H,24,25). The lowest BCUT2D eigenvalue weighted by Crippen LogP contribution is -2.27. The van der Waals surface area contributed by atoms with Crippen molar-refractivity contribution in [1.29, 1.82) is 0 Å². The van der Waals surface area contributed by atoms with Crippen molar-refractivity contribution in [2.45, 2.75) is 19.4 Å². The summed E-state index contributed by atoms with van der Waals surface area (Å²) in [5.41, 5.74) is 0.954. The largest absolute Gasteiger partial charge is 0.480 e. The number of thiazole rings is 1. The van der Waals surface area contributed by atoms with Gasteiger partial charge in [0.25, 0.3) is 5.91 Å². The van der Waals surface area contributed by atoms with Gasteiger partial charge in [0.1, 0.15) is 6.04 Å². The van der Waals surface area contributed by atoms with Crippen molar-refractivity contribution < 1.29 is 24.2 Å². The highest BCUT2D eigenvalue weighted by Crippen LogP contribution is 2.38. The van der Waals surface area contributed by atoms with Crippen LogP contribution in [0.25, 0.3) is 10.2 Å². The van der Waals surface area contributed by atoms with Gasteiger partial charge in [-0.15, -0.1) is 0 Å². The molecular weight excluding hydrogens is 404 g/mol. The minimum atomic E-state index is -1.00. The molecule has 0 bridgehead atoms. The fourth-order valence-corrected chi connectivity index (χ4v) is 4.32. The van der Waals surface area contributed by atoms with Crippen molar-refractivity contribution in [1.82, 2.24) is 4.57 Å². The highest BCUT2D eigenvalue weighted by molar-refractivity contribution is 7.16. The Balaban J connectivity index is 1.94. The molecule has 1 aliphatic rings. The van der Waals surface area contributed by atoms with Crippen LogP contribution < -0.4 is 14.3 Å². The lowest BCUT2D eigenvalue weighted by molar-refractivity contribution is -0.140. The number of benzene rings is 2. The maximum Gasteiger partial charge on any atom is 0.326 e. The molecule has 1 atom stereocenters. The summed E-state index contributed by atoms with van der Waals surface area (Å²) in [5, 5.41) is 10.1. The third-order valence-electron chi connectivity index (χ3n) is 4.37. The first-order valence-electron chi connectivity index (χ1n) is 8.50. The number of aromatic nitrogens is 1. The molecular formula is C19H15ClN2O5S. The van der Waals surface area contributed by atoms with Gasteiger partial charge in [-0.05, 0) is 24.6 Å². The summed E-state index contributed by atoms with van der Waals surface area (Å²) in [6, 6.07) is 9.08. The topological polar surface area (TPSA) is 90.1 Å². The molecule has 2 aromatic carbocycles. The minimum Gasteiger partial charge on any atom is -0.480 e. The quantitative estimate of drug-likeness (QED) is 0.694. The van der Waals surface area contributed by atoms with Crippen LogP contribution in [0.2, 0.25) is 5.02 Å². The lowest BCUT2D eigenvalue weighted by atomic mass is 10.2. The number of aliphatic carboxylic acids is 1. The van der Waals surface area contributed by atoms with Crippen molar-refractivity contribution in [2.75, 3.05) is 6.79 Å². The molecule has 7 nitrogen and oxygen atoms in total. The molecule has 9 heteroatoms. The first-order chi connectivity index (χ1) is 13.5. The molecule has 0 spiro atoms. The summed E-state index contributed by atoms with van der Waals surface area (Å²) >= 11 is 7.18. The first-order valence-corrected chi connectivity index (χ1v) is 9.69. The van der Waals surface area contributed by atoms with Gasteiger partial charge >= 0.3 is 5.97 Å². The highest BCUT2D eigenvalue weighted by Gasteiger charge is 2.25. The van der Waals surface area contributed by atoms with E-state index in [1.165, 1.54) is 17.4 Å². The molecule has 0 saturated heterocycles. The summed E-state index contributed by atoms with van der Waals surface area (Å²) in [7, 11) is 0. The van der Waals surface area contributed by atoms with Crippen LogP contribution in [0, 0.1) is 0 Å². The number of nitrogens with zero attached hydrogens (tertiary/aromatic N) is 2. The van der Waals surface area contributed by atoms with E-state index in [2.05, 4.69) is 4.99 Å². The van der Waals surface area contributed by atoms with Crippen molar-refractivity contribution in [2.24, 2.45) is 4.99 Å². The number of rotatable bonds is 4. The fraction of sp³-hybridized carbons (Fsp3) is 0.211. The second-order valence-electron chi connectivity index (χ2n) is 6.12. The number of fused-ring (bicyclic) bond motifs is 2. The number of carboxylic acids is 1. The van der Waals surface area contributed by atoms with Crippen molar-refractivity contribution in [3.05, 3.63) is 51.8 Å². The zero-order chi connectivity index (χ0) is 19.8. The maximum atomic E-state index is 12.6. The van der Waals surface area contributed by atoms with Crippen molar-refractivity contribution >= 4 is 45.0 Å². The van der Waals surface area contributed by atoms with Gasteiger partial charge in [-0.2, -0.15) is 4.99 Å². The predicted molar refractivity (Wildman–Crippen MR) is 104 cm³/mol. The maximum absolute atomic E-state index is 12.6. The van der Waals surface area contributed by atoms with E-state index in [-0.39, 0.29) is 11.6 Å². The number of carboxylic acid groups (broad SMARTS) is 1. The van der Waals surface area contributed by atoms with Gasteiger partial charge in [0, 0.05) is 22.7 Å². The Morgan fingerprint density at radius 2 is 2.04 bits per heavy atom. The molecule has 1 aromatic heterocycles. The Hall–Kier alpha value is -2.84. The summed E-state index contributed by atoms with van der Waals surface area (Å²) in [4.78, 5) is 29.0. The van der Waals surface area contributed by atoms with Crippen LogP contribution in [0.1, 0.15) is 29.7 Å². The normalized spacial score (nSPS) is 14.4. The van der Waals surface area contributed by atoms with Gasteiger partial charge in [-0.3, -0.25) is 4.79 Å². The Labute approximate surface area is 168 Å². The third-order valence-corrected chi connectivity index (χ3v) is 5.63. The average molecular weight is 419 g/mol. The van der Waals surface area contributed by atoms with Gasteiger partial charge in [0.2, 0.25) is 6.79 Å². The van der Waals surface area contributed by atoms with E-state index in [9.17, 15) is 14.7 Å². The molecule has 0 aliphatic carbocycles. The van der Waals surface area contributed by atoms with Crippen LogP contribution in [0.3, 0.4) is 0 Å². The Morgan fingerprint density at radius 1 is 1.29 bits per heavy atom. The fourth-order valence-electron chi connectivity index (χ4n) is 3.05. The van der Waals surface area contributed by atoms with Crippen LogP contribution in [0.4, 0.5) is 0 Å². The summed E-state index contributed by atoms with van der Waals surface area (Å²) in [5.74, 6) is -0.386. The Kier molecular flexibility index (Phi) is 4.82. The molecule has 2 heterocycles. The third kappa shape index (κ3) is 3.25. The molecule has 1 aliphatic heterocycles. The lowest BCUT2D eigenvalue weighted by Gasteiger charge is -2.13. The predicted octanol–water partition coefficient (Wildman–Crippen LogP) is 3.86. The molecule has 0 radical (unpaired) electrons. The molecule has 1 N–H and O–H groups in total.